The smallest absolute Gasteiger partial charge is 0.251 e. The van der Waals surface area contributed by atoms with Crippen molar-refractivity contribution >= 4 is 45.8 Å². The summed E-state index contributed by atoms with van der Waals surface area (Å²) >= 11 is 6.95. The number of thiocarbonyl (C=S) groups is 1. The van der Waals surface area contributed by atoms with Crippen LogP contribution in [0, 0.1) is 5.82 Å². The van der Waals surface area contributed by atoms with Crippen molar-refractivity contribution in [3.05, 3.63) is 77.5 Å². The highest BCUT2D eigenvalue weighted by Gasteiger charge is 2.77. The van der Waals surface area contributed by atoms with Crippen molar-refractivity contribution in [1.82, 2.24) is 9.80 Å². The topological polar surface area (TPSA) is 84.3 Å². The van der Waals surface area contributed by atoms with Crippen LogP contribution in [-0.2, 0) is 21.7 Å². The molecule has 1 N–H and O–H groups in total. The Kier molecular flexibility index (Phi) is 5.78. The highest BCUT2D eigenvalue weighted by atomic mass is 32.2. The molecule has 2 amide bonds. The number of carbonyl (C=O) groups excluding carboxylic acids is 2. The van der Waals surface area contributed by atoms with Crippen molar-refractivity contribution in [3.8, 4) is 11.5 Å². The Hall–Kier alpha value is -3.41. The number of ether oxygens (including phenoxy) is 2. The Morgan fingerprint density at radius 3 is 2.66 bits per heavy atom. The number of rotatable bonds is 5. The monoisotopic (exact) mass is 553 g/mol. The van der Waals surface area contributed by atoms with E-state index in [0.29, 0.717) is 39.4 Å². The highest BCUT2D eigenvalue weighted by Crippen LogP contribution is 2.66. The maximum atomic E-state index is 14.7. The molecular formula is C27H24FN3O5S2. The van der Waals surface area contributed by atoms with Crippen LogP contribution in [0.25, 0.3) is 0 Å². The van der Waals surface area contributed by atoms with Gasteiger partial charge in [0.05, 0.1) is 27.0 Å². The summed E-state index contributed by atoms with van der Waals surface area (Å²) in [6.07, 6.45) is 1.53. The van der Waals surface area contributed by atoms with Crippen LogP contribution in [0.2, 0.25) is 0 Å². The van der Waals surface area contributed by atoms with Crippen LogP contribution in [0.5, 0.6) is 11.5 Å². The van der Waals surface area contributed by atoms with Gasteiger partial charge in [0.15, 0.2) is 17.0 Å². The lowest BCUT2D eigenvalue weighted by Gasteiger charge is -2.41. The van der Waals surface area contributed by atoms with Gasteiger partial charge >= 0.3 is 0 Å². The van der Waals surface area contributed by atoms with E-state index in [1.165, 1.54) is 41.1 Å². The largest absolute Gasteiger partial charge is 0.493 e. The van der Waals surface area contributed by atoms with Gasteiger partial charge in [0, 0.05) is 23.7 Å². The number of furan rings is 1. The number of methoxy groups -OCH3 is 2. The van der Waals surface area contributed by atoms with Crippen molar-refractivity contribution in [1.29, 1.82) is 0 Å². The highest BCUT2D eigenvalue weighted by molar-refractivity contribution is 8.25. The number of likely N-dealkylation sites (tertiary alicyclic amines) is 1. The summed E-state index contributed by atoms with van der Waals surface area (Å²) in [6, 6.07) is 13.1. The third-order valence-corrected chi connectivity index (χ3v) is 9.68. The lowest BCUT2D eigenvalue weighted by Crippen LogP contribution is -2.61. The zero-order chi connectivity index (χ0) is 26.8. The fraction of sp³-hybridized carbons (Fsp3) is 0.296. The van der Waals surface area contributed by atoms with Gasteiger partial charge in [0.1, 0.15) is 20.6 Å². The molecule has 2 spiro atoms. The van der Waals surface area contributed by atoms with Gasteiger partial charge in [-0.15, -0.1) is 0 Å². The zero-order valence-corrected chi connectivity index (χ0v) is 22.5. The van der Waals surface area contributed by atoms with Crippen molar-refractivity contribution in [3.63, 3.8) is 0 Å². The first-order chi connectivity index (χ1) is 18.3. The van der Waals surface area contributed by atoms with Crippen LogP contribution >= 0.6 is 24.0 Å². The third kappa shape index (κ3) is 3.15. The average Bonchev–Trinajstić information content (AvgIpc) is 3.64. The number of amides is 2. The minimum atomic E-state index is -1.52. The van der Waals surface area contributed by atoms with Crippen molar-refractivity contribution in [2.24, 2.45) is 0 Å². The Morgan fingerprint density at radius 1 is 1.16 bits per heavy atom. The second-order valence-electron chi connectivity index (χ2n) is 9.48. The van der Waals surface area contributed by atoms with Crippen LogP contribution in [0.15, 0.2) is 59.2 Å². The summed E-state index contributed by atoms with van der Waals surface area (Å²) in [5.41, 5.74) is 0.134. The number of carbonyl (C=O) groups is 2. The molecule has 0 bridgehead atoms. The molecule has 3 aromatic rings. The van der Waals surface area contributed by atoms with Crippen LogP contribution in [0.1, 0.15) is 22.8 Å². The first-order valence-corrected chi connectivity index (χ1v) is 13.1. The standard InChI is InChI=1S/C27H24FN3O5S2/c1-30-14-19(15-6-9-21(34-2)22(11-15)35-3)27(24(33)31(25(37)38-27)13-17-5-4-10-36-17)26(30)18-12-16(28)7-8-20(18)29-23(26)32/h4-12,19H,13-14H2,1-3H3,(H,29,32)/t19-,26+,27+/m0/s1. The number of thioether (sulfide) groups is 1. The Labute approximate surface area is 228 Å². The summed E-state index contributed by atoms with van der Waals surface area (Å²) in [4.78, 5) is 32.1. The fourth-order valence-electron chi connectivity index (χ4n) is 6.16. The molecule has 2 saturated heterocycles. The number of nitrogens with zero attached hydrogens (tertiary/aromatic N) is 2. The second kappa shape index (κ2) is 8.82. The van der Waals surface area contributed by atoms with Gasteiger partial charge in [-0.25, -0.2) is 4.39 Å². The molecule has 0 unspecified atom stereocenters. The molecule has 0 radical (unpaired) electrons. The predicted octanol–water partition coefficient (Wildman–Crippen LogP) is 4.11. The maximum Gasteiger partial charge on any atom is 0.251 e. The van der Waals surface area contributed by atoms with Gasteiger partial charge in [-0.05, 0) is 55.1 Å². The molecule has 1 aromatic heterocycles. The van der Waals surface area contributed by atoms with Crippen molar-refractivity contribution < 1.29 is 27.9 Å². The van der Waals surface area contributed by atoms with Gasteiger partial charge in [0.25, 0.3) is 5.91 Å². The van der Waals surface area contributed by atoms with Gasteiger partial charge in [-0.2, -0.15) is 0 Å². The molecule has 0 aliphatic carbocycles. The zero-order valence-electron chi connectivity index (χ0n) is 20.8. The quantitative estimate of drug-likeness (QED) is 0.473. The minimum absolute atomic E-state index is 0.121. The number of hydrogen-bond acceptors (Lipinski definition) is 8. The van der Waals surface area contributed by atoms with E-state index in [0.717, 1.165) is 5.56 Å². The number of hydrogen-bond donors (Lipinski definition) is 1. The average molecular weight is 554 g/mol. The summed E-state index contributed by atoms with van der Waals surface area (Å²) in [7, 11) is 4.87. The van der Waals surface area contributed by atoms with E-state index in [1.54, 1.807) is 39.5 Å². The van der Waals surface area contributed by atoms with E-state index >= 15 is 0 Å². The molecule has 38 heavy (non-hydrogen) atoms. The molecule has 196 valence electrons. The van der Waals surface area contributed by atoms with E-state index in [2.05, 4.69) is 5.32 Å². The molecule has 0 saturated carbocycles. The summed E-state index contributed by atoms with van der Waals surface area (Å²) in [5, 5.41) is 2.91. The number of benzene rings is 2. The minimum Gasteiger partial charge on any atom is -0.493 e. The molecule has 4 heterocycles. The van der Waals surface area contributed by atoms with Crippen LogP contribution in [0.4, 0.5) is 10.1 Å². The predicted molar refractivity (Wildman–Crippen MR) is 144 cm³/mol. The molecular weight excluding hydrogens is 529 g/mol. The Balaban J connectivity index is 1.59. The second-order valence-corrected chi connectivity index (χ2v) is 11.4. The molecule has 3 aliphatic rings. The lowest BCUT2D eigenvalue weighted by molar-refractivity contribution is -0.138. The Bertz CT molecular complexity index is 1480. The maximum absolute atomic E-state index is 14.7. The van der Waals surface area contributed by atoms with Crippen LogP contribution in [0.3, 0.4) is 0 Å². The molecule has 8 nitrogen and oxygen atoms in total. The normalized spacial score (nSPS) is 26.5. The fourth-order valence-corrected chi connectivity index (χ4v) is 8.29. The van der Waals surface area contributed by atoms with Crippen molar-refractivity contribution in [2.75, 3.05) is 33.1 Å². The first kappa shape index (κ1) is 24.9. The summed E-state index contributed by atoms with van der Waals surface area (Å²) < 4.78 is 30.1. The number of fused-ring (bicyclic) bond motifs is 3. The lowest BCUT2D eigenvalue weighted by atomic mass is 9.72. The van der Waals surface area contributed by atoms with E-state index in [-0.39, 0.29) is 12.5 Å². The first-order valence-electron chi connectivity index (χ1n) is 11.9. The van der Waals surface area contributed by atoms with Gasteiger partial charge < -0.3 is 19.2 Å². The SMILES string of the molecule is COc1ccc([C@@H]2CN(C)[C@]3(C(=O)Nc4ccc(F)cc43)[C@@]23SC(=S)N(Cc2ccco2)C3=O)cc1OC. The number of likely N-dealkylation sites (N-methyl/N-ethyl adjacent to an activating group) is 1. The van der Waals surface area contributed by atoms with E-state index in [4.69, 9.17) is 26.1 Å². The van der Waals surface area contributed by atoms with Crippen LogP contribution < -0.4 is 14.8 Å². The van der Waals surface area contributed by atoms with Crippen LogP contribution in [-0.4, -0.2) is 58.5 Å². The van der Waals surface area contributed by atoms with Gasteiger partial charge in [0.2, 0.25) is 5.91 Å². The molecule has 2 aromatic carbocycles. The van der Waals surface area contributed by atoms with E-state index in [1.807, 2.05) is 17.0 Å². The molecule has 3 aliphatic heterocycles. The van der Waals surface area contributed by atoms with E-state index < -0.39 is 27.9 Å². The van der Waals surface area contributed by atoms with Gasteiger partial charge in [-0.3, -0.25) is 19.4 Å². The van der Waals surface area contributed by atoms with Gasteiger partial charge in [-0.1, -0.05) is 30.0 Å². The third-order valence-electron chi connectivity index (χ3n) is 7.74. The molecule has 11 heteroatoms. The number of nitrogens with one attached hydrogen (secondary N) is 1. The van der Waals surface area contributed by atoms with Crippen molar-refractivity contribution in [2.45, 2.75) is 22.7 Å². The molecule has 3 atom stereocenters. The number of anilines is 1. The number of halogens is 1. The van der Waals surface area contributed by atoms with E-state index in [9.17, 15) is 14.0 Å². The summed E-state index contributed by atoms with van der Waals surface area (Å²) in [6.45, 7) is 0.449. The Morgan fingerprint density at radius 2 is 1.95 bits per heavy atom. The molecule has 2 fully saturated rings. The molecule has 6 rings (SSSR count). The summed E-state index contributed by atoms with van der Waals surface area (Å²) in [5.74, 6) is -0.141.